The van der Waals surface area contributed by atoms with Gasteiger partial charge in [-0.25, -0.2) is 4.79 Å². The predicted octanol–water partition coefficient (Wildman–Crippen LogP) is 2.33. The number of nitrogens with one attached hydrogen (secondary N) is 2. The van der Waals surface area contributed by atoms with Crippen molar-refractivity contribution in [1.82, 2.24) is 10.6 Å². The number of aryl methyl sites for hydroxylation is 2. The monoisotopic (exact) mass is 410 g/mol. The molecule has 0 aliphatic heterocycles. The second kappa shape index (κ2) is 10.3. The maximum atomic E-state index is 13.0. The Hall–Kier alpha value is -3.48. The smallest absolute Gasteiger partial charge is 0.339 e. The van der Waals surface area contributed by atoms with Crippen LogP contribution in [0.4, 0.5) is 0 Å². The van der Waals surface area contributed by atoms with Crippen LogP contribution in [0.2, 0.25) is 0 Å². The fourth-order valence-corrected chi connectivity index (χ4v) is 2.87. The van der Waals surface area contributed by atoms with Gasteiger partial charge in [0, 0.05) is 17.7 Å². The number of esters is 1. The lowest BCUT2D eigenvalue weighted by atomic mass is 9.94. The van der Waals surface area contributed by atoms with E-state index in [9.17, 15) is 19.2 Å². The highest BCUT2D eigenvalue weighted by atomic mass is 16.5. The van der Waals surface area contributed by atoms with E-state index in [4.69, 9.17) is 4.74 Å². The van der Waals surface area contributed by atoms with Crippen molar-refractivity contribution in [2.75, 3.05) is 13.2 Å². The number of likely N-dealkylation sites (N-methyl/N-ethyl adjacent to an activating group) is 1. The molecule has 2 amide bonds. The lowest BCUT2D eigenvalue weighted by Crippen LogP contribution is -2.46. The first-order valence-electron chi connectivity index (χ1n) is 9.69. The molecule has 7 heteroatoms. The number of rotatable bonds is 8. The minimum atomic E-state index is -0.787. The highest BCUT2D eigenvalue weighted by Crippen LogP contribution is 2.19. The van der Waals surface area contributed by atoms with Gasteiger partial charge >= 0.3 is 5.97 Å². The van der Waals surface area contributed by atoms with Crippen molar-refractivity contribution in [2.24, 2.45) is 0 Å². The second-order valence-corrected chi connectivity index (χ2v) is 6.95. The second-order valence-electron chi connectivity index (χ2n) is 6.95. The van der Waals surface area contributed by atoms with Crippen LogP contribution in [0.5, 0.6) is 0 Å². The molecule has 0 fully saturated rings. The summed E-state index contributed by atoms with van der Waals surface area (Å²) in [7, 11) is 0. The first kappa shape index (κ1) is 22.8. The topological polar surface area (TPSA) is 102 Å². The first-order chi connectivity index (χ1) is 14.2. The number of carbonyl (C=O) groups is 4. The Bertz CT molecular complexity index is 968. The van der Waals surface area contributed by atoms with Gasteiger partial charge in [-0.1, -0.05) is 35.9 Å². The quantitative estimate of drug-likeness (QED) is 0.514. The summed E-state index contributed by atoms with van der Waals surface area (Å²) in [6, 6.07) is 11.1. The largest absolute Gasteiger partial charge is 0.452 e. The average molecular weight is 410 g/mol. The zero-order chi connectivity index (χ0) is 22.3. The number of carbonyl (C=O) groups excluding carboxylic acids is 4. The van der Waals surface area contributed by atoms with Crippen LogP contribution in [0.1, 0.15) is 51.3 Å². The van der Waals surface area contributed by atoms with Crippen LogP contribution in [-0.2, 0) is 14.3 Å². The highest BCUT2D eigenvalue weighted by Gasteiger charge is 2.22. The molecule has 0 radical (unpaired) electrons. The number of hydrogen-bond donors (Lipinski definition) is 2. The predicted molar refractivity (Wildman–Crippen MR) is 112 cm³/mol. The number of hydrogen-bond acceptors (Lipinski definition) is 5. The van der Waals surface area contributed by atoms with Crippen LogP contribution in [0.25, 0.3) is 0 Å². The molecule has 2 aromatic carbocycles. The molecule has 2 rings (SSSR count). The number of ketones is 1. The molecular formula is C23H26N2O5. The Kier molecular flexibility index (Phi) is 7.86. The summed E-state index contributed by atoms with van der Waals surface area (Å²) < 4.78 is 5.08. The van der Waals surface area contributed by atoms with Crippen molar-refractivity contribution < 1.29 is 23.9 Å². The van der Waals surface area contributed by atoms with Gasteiger partial charge in [0.25, 0.3) is 5.91 Å². The number of ether oxygens (including phenoxy) is 1. The fraction of sp³-hybridized carbons (Fsp3) is 0.304. The van der Waals surface area contributed by atoms with Crippen LogP contribution < -0.4 is 10.6 Å². The molecule has 30 heavy (non-hydrogen) atoms. The van der Waals surface area contributed by atoms with Gasteiger partial charge < -0.3 is 15.4 Å². The van der Waals surface area contributed by atoms with Gasteiger partial charge in [0.2, 0.25) is 5.91 Å². The van der Waals surface area contributed by atoms with E-state index in [0.717, 1.165) is 11.1 Å². The summed E-state index contributed by atoms with van der Waals surface area (Å²) in [5.74, 6) is -2.02. The summed E-state index contributed by atoms with van der Waals surface area (Å²) >= 11 is 0. The highest BCUT2D eigenvalue weighted by molar-refractivity contribution is 6.15. The minimum Gasteiger partial charge on any atom is -0.452 e. The molecule has 7 nitrogen and oxygen atoms in total. The van der Waals surface area contributed by atoms with E-state index in [2.05, 4.69) is 10.6 Å². The lowest BCUT2D eigenvalue weighted by molar-refractivity contribution is -0.130. The van der Waals surface area contributed by atoms with Crippen LogP contribution >= 0.6 is 0 Å². The molecule has 0 aliphatic rings. The van der Waals surface area contributed by atoms with E-state index >= 15 is 0 Å². The summed E-state index contributed by atoms with van der Waals surface area (Å²) in [5.41, 5.74) is 2.51. The van der Waals surface area contributed by atoms with E-state index < -0.39 is 24.5 Å². The molecule has 2 N–H and O–H groups in total. The van der Waals surface area contributed by atoms with E-state index in [0.29, 0.717) is 12.1 Å². The van der Waals surface area contributed by atoms with Crippen LogP contribution in [-0.4, -0.2) is 42.8 Å². The van der Waals surface area contributed by atoms with Crippen molar-refractivity contribution in [1.29, 1.82) is 0 Å². The summed E-state index contributed by atoms with van der Waals surface area (Å²) in [5, 5.41) is 5.04. The third-order valence-corrected chi connectivity index (χ3v) is 4.49. The molecule has 0 aromatic heterocycles. The third kappa shape index (κ3) is 5.76. The Morgan fingerprint density at radius 3 is 2.30 bits per heavy atom. The number of benzene rings is 2. The van der Waals surface area contributed by atoms with Gasteiger partial charge in [0.1, 0.15) is 6.04 Å². The van der Waals surface area contributed by atoms with Crippen molar-refractivity contribution in [3.05, 3.63) is 70.3 Å². The summed E-state index contributed by atoms with van der Waals surface area (Å²) in [6.07, 6.45) is 0. The van der Waals surface area contributed by atoms with Gasteiger partial charge in [-0.15, -0.1) is 0 Å². The molecule has 0 heterocycles. The van der Waals surface area contributed by atoms with E-state index in [1.807, 2.05) is 26.0 Å². The van der Waals surface area contributed by atoms with Crippen molar-refractivity contribution in [3.8, 4) is 0 Å². The van der Waals surface area contributed by atoms with Crippen molar-refractivity contribution >= 4 is 23.6 Å². The lowest BCUT2D eigenvalue weighted by Gasteiger charge is -2.14. The van der Waals surface area contributed by atoms with E-state index in [1.54, 1.807) is 31.2 Å². The molecule has 1 atom stereocenters. The standard InChI is InChI=1S/C23H26N2O5/c1-5-24-22(28)16(4)25-20(26)13-30-23(29)18-9-7-6-8-17(18)21(27)19-12-14(2)10-11-15(19)3/h6-12,16H,5,13H2,1-4H3,(H,24,28)(H,25,26)/t16-/m1/s1. The fourth-order valence-electron chi connectivity index (χ4n) is 2.87. The average Bonchev–Trinajstić information content (AvgIpc) is 2.73. The maximum Gasteiger partial charge on any atom is 0.339 e. The van der Waals surface area contributed by atoms with Crippen LogP contribution in [0, 0.1) is 13.8 Å². The van der Waals surface area contributed by atoms with Gasteiger partial charge in [-0.3, -0.25) is 14.4 Å². The SMILES string of the molecule is CCNC(=O)[C@@H](C)NC(=O)COC(=O)c1ccccc1C(=O)c1cc(C)ccc1C. The molecule has 0 unspecified atom stereocenters. The zero-order valence-corrected chi connectivity index (χ0v) is 17.6. The van der Waals surface area contributed by atoms with Crippen LogP contribution in [0.15, 0.2) is 42.5 Å². The van der Waals surface area contributed by atoms with Gasteiger partial charge in [-0.05, 0) is 45.4 Å². The van der Waals surface area contributed by atoms with Crippen molar-refractivity contribution in [3.63, 3.8) is 0 Å². The molecular weight excluding hydrogens is 384 g/mol. The molecule has 0 spiro atoms. The molecule has 158 valence electrons. The molecule has 0 saturated heterocycles. The number of amides is 2. The van der Waals surface area contributed by atoms with Crippen molar-refractivity contribution in [2.45, 2.75) is 33.7 Å². The van der Waals surface area contributed by atoms with Gasteiger partial charge in [0.05, 0.1) is 5.56 Å². The normalized spacial score (nSPS) is 11.3. The third-order valence-electron chi connectivity index (χ3n) is 4.49. The maximum absolute atomic E-state index is 13.0. The first-order valence-corrected chi connectivity index (χ1v) is 9.69. The molecule has 0 aliphatic carbocycles. The molecule has 0 saturated carbocycles. The van der Waals surface area contributed by atoms with Gasteiger partial charge in [0.15, 0.2) is 12.4 Å². The minimum absolute atomic E-state index is 0.0768. The molecule has 0 bridgehead atoms. The zero-order valence-electron chi connectivity index (χ0n) is 17.6. The van der Waals surface area contributed by atoms with Gasteiger partial charge in [-0.2, -0.15) is 0 Å². The Morgan fingerprint density at radius 1 is 0.967 bits per heavy atom. The Morgan fingerprint density at radius 2 is 1.63 bits per heavy atom. The van der Waals surface area contributed by atoms with Crippen LogP contribution in [0.3, 0.4) is 0 Å². The van der Waals surface area contributed by atoms with E-state index in [1.165, 1.54) is 13.0 Å². The summed E-state index contributed by atoms with van der Waals surface area (Å²) in [4.78, 5) is 49.2. The Labute approximate surface area is 175 Å². The Balaban J connectivity index is 2.11. The van der Waals surface area contributed by atoms with E-state index in [-0.39, 0.29) is 22.8 Å². The summed E-state index contributed by atoms with van der Waals surface area (Å²) in [6.45, 7) is 6.90. The molecule has 2 aromatic rings.